The third kappa shape index (κ3) is 5.53. The van der Waals surface area contributed by atoms with E-state index in [-0.39, 0.29) is 5.88 Å². The minimum absolute atomic E-state index is 0.0880. The lowest BCUT2D eigenvalue weighted by Gasteiger charge is -2.11. The van der Waals surface area contributed by atoms with Crippen LogP contribution in [0.2, 0.25) is 0 Å². The Morgan fingerprint density at radius 1 is 0.694 bits per heavy atom. The molecule has 0 aliphatic heterocycles. The molecule has 1 aromatic heterocycles. The molecule has 4 aromatic carbocycles. The highest BCUT2D eigenvalue weighted by Gasteiger charge is 2.22. The van der Waals surface area contributed by atoms with Gasteiger partial charge in [-0.25, -0.2) is 4.98 Å². The molecule has 0 radical (unpaired) electrons. The smallest absolute Gasteiger partial charge is 0.223 e. The molecule has 5 rings (SSSR count). The zero-order chi connectivity index (χ0) is 24.6. The second-order valence-corrected chi connectivity index (χ2v) is 8.53. The van der Waals surface area contributed by atoms with Crippen molar-refractivity contribution in [2.45, 2.75) is 19.6 Å². The standard InChI is InChI=1S/C31H28N4O/c36-31-28(29(32-21-24-13-5-1-6-14-24)33-22-25-15-7-2-8-16-25)34-30(27-19-11-4-12-20-27)35(31)23-26-17-9-3-10-18-26/h1-20,36H,21-23H2,(H,32,33). The first-order valence-electron chi connectivity index (χ1n) is 12.0. The first-order valence-corrected chi connectivity index (χ1v) is 12.0. The molecule has 0 saturated carbocycles. The number of aromatic hydroxyl groups is 1. The number of amidine groups is 1. The topological polar surface area (TPSA) is 62.4 Å². The second kappa shape index (κ2) is 11.2. The number of aliphatic imine (C=N–C) groups is 1. The van der Waals surface area contributed by atoms with Crippen molar-refractivity contribution in [3.63, 3.8) is 0 Å². The van der Waals surface area contributed by atoms with Crippen LogP contribution in [0.3, 0.4) is 0 Å². The molecule has 0 atom stereocenters. The molecule has 5 aromatic rings. The van der Waals surface area contributed by atoms with E-state index in [9.17, 15) is 5.11 Å². The third-order valence-corrected chi connectivity index (χ3v) is 5.95. The highest BCUT2D eigenvalue weighted by atomic mass is 16.3. The van der Waals surface area contributed by atoms with Crippen LogP contribution in [0.1, 0.15) is 22.4 Å². The van der Waals surface area contributed by atoms with Crippen LogP contribution in [0.15, 0.2) is 126 Å². The van der Waals surface area contributed by atoms with Gasteiger partial charge in [0.05, 0.1) is 13.1 Å². The molecule has 5 nitrogen and oxygen atoms in total. The minimum atomic E-state index is 0.0880. The van der Waals surface area contributed by atoms with Crippen molar-refractivity contribution in [2.75, 3.05) is 0 Å². The van der Waals surface area contributed by atoms with Crippen LogP contribution in [-0.4, -0.2) is 20.5 Å². The van der Waals surface area contributed by atoms with E-state index in [1.165, 1.54) is 0 Å². The first kappa shape index (κ1) is 23.1. The molecule has 0 unspecified atom stereocenters. The van der Waals surface area contributed by atoms with Crippen LogP contribution in [0.4, 0.5) is 0 Å². The molecule has 0 aliphatic rings. The zero-order valence-electron chi connectivity index (χ0n) is 20.0. The SMILES string of the molecule is Oc1c(C(=NCc2ccccc2)NCc2ccccc2)nc(-c2ccccc2)n1Cc1ccccc1. The summed E-state index contributed by atoms with van der Waals surface area (Å²) in [5, 5.41) is 14.9. The summed E-state index contributed by atoms with van der Waals surface area (Å²) in [5.74, 6) is 1.34. The Hall–Kier alpha value is -4.64. The maximum atomic E-state index is 11.5. The highest BCUT2D eigenvalue weighted by Crippen LogP contribution is 2.28. The quantitative estimate of drug-likeness (QED) is 0.214. The highest BCUT2D eigenvalue weighted by molar-refractivity contribution is 5.99. The summed E-state index contributed by atoms with van der Waals surface area (Å²) in [5.41, 5.74) is 4.66. The van der Waals surface area contributed by atoms with E-state index in [4.69, 9.17) is 9.98 Å². The van der Waals surface area contributed by atoms with Gasteiger partial charge in [0.25, 0.3) is 0 Å². The fourth-order valence-corrected chi connectivity index (χ4v) is 4.08. The number of rotatable bonds is 8. The van der Waals surface area contributed by atoms with Crippen molar-refractivity contribution in [2.24, 2.45) is 4.99 Å². The van der Waals surface area contributed by atoms with Gasteiger partial charge in [-0.15, -0.1) is 0 Å². The summed E-state index contributed by atoms with van der Waals surface area (Å²) in [6, 6.07) is 40.2. The lowest BCUT2D eigenvalue weighted by Crippen LogP contribution is -2.25. The third-order valence-electron chi connectivity index (χ3n) is 5.95. The summed E-state index contributed by atoms with van der Waals surface area (Å²) in [7, 11) is 0. The molecule has 0 bridgehead atoms. The lowest BCUT2D eigenvalue weighted by atomic mass is 10.2. The Morgan fingerprint density at radius 3 is 1.83 bits per heavy atom. The molecule has 0 aliphatic carbocycles. The van der Waals surface area contributed by atoms with E-state index in [0.29, 0.717) is 37.0 Å². The molecule has 0 amide bonds. The lowest BCUT2D eigenvalue weighted by molar-refractivity contribution is 0.424. The molecule has 1 heterocycles. The summed E-state index contributed by atoms with van der Waals surface area (Å²) >= 11 is 0. The Balaban J connectivity index is 1.56. The van der Waals surface area contributed by atoms with Gasteiger partial charge in [0, 0.05) is 12.1 Å². The maximum absolute atomic E-state index is 11.5. The van der Waals surface area contributed by atoms with Crippen LogP contribution >= 0.6 is 0 Å². The predicted molar refractivity (Wildman–Crippen MR) is 145 cm³/mol. The molecule has 36 heavy (non-hydrogen) atoms. The first-order chi connectivity index (χ1) is 17.8. The molecular formula is C31H28N4O. The van der Waals surface area contributed by atoms with Crippen LogP contribution < -0.4 is 5.32 Å². The predicted octanol–water partition coefficient (Wildman–Crippen LogP) is 6.04. The van der Waals surface area contributed by atoms with Gasteiger partial charge in [0.1, 0.15) is 5.82 Å². The second-order valence-electron chi connectivity index (χ2n) is 8.53. The molecule has 5 heteroatoms. The zero-order valence-corrected chi connectivity index (χ0v) is 20.0. The molecule has 0 saturated heterocycles. The number of nitrogens with one attached hydrogen (secondary N) is 1. The van der Waals surface area contributed by atoms with Crippen molar-refractivity contribution in [3.05, 3.63) is 144 Å². The van der Waals surface area contributed by atoms with E-state index in [2.05, 4.69) is 17.4 Å². The van der Waals surface area contributed by atoms with Crippen molar-refractivity contribution in [1.29, 1.82) is 0 Å². The minimum Gasteiger partial charge on any atom is -0.493 e. The summed E-state index contributed by atoms with van der Waals surface area (Å²) in [6.45, 7) is 1.54. The van der Waals surface area contributed by atoms with Gasteiger partial charge in [-0.1, -0.05) is 121 Å². The monoisotopic (exact) mass is 472 g/mol. The van der Waals surface area contributed by atoms with Gasteiger partial charge in [0.15, 0.2) is 11.5 Å². The van der Waals surface area contributed by atoms with Crippen LogP contribution in [0.5, 0.6) is 5.88 Å². The van der Waals surface area contributed by atoms with Gasteiger partial charge >= 0.3 is 0 Å². The number of nitrogens with zero attached hydrogens (tertiary/aromatic N) is 3. The fraction of sp³-hybridized carbons (Fsp3) is 0.0968. The number of benzene rings is 4. The van der Waals surface area contributed by atoms with Gasteiger partial charge < -0.3 is 10.4 Å². The summed E-state index contributed by atoms with van der Waals surface area (Å²) < 4.78 is 1.85. The van der Waals surface area contributed by atoms with E-state index < -0.39 is 0 Å². The van der Waals surface area contributed by atoms with Crippen molar-refractivity contribution >= 4 is 5.84 Å². The Labute approximate surface area is 211 Å². The van der Waals surface area contributed by atoms with E-state index in [1.807, 2.05) is 114 Å². The molecule has 2 N–H and O–H groups in total. The van der Waals surface area contributed by atoms with E-state index in [1.54, 1.807) is 0 Å². The number of hydrogen-bond donors (Lipinski definition) is 2. The molecule has 178 valence electrons. The number of aromatic nitrogens is 2. The largest absolute Gasteiger partial charge is 0.493 e. The van der Waals surface area contributed by atoms with Crippen LogP contribution in [0.25, 0.3) is 11.4 Å². The number of hydrogen-bond acceptors (Lipinski definition) is 3. The van der Waals surface area contributed by atoms with E-state index >= 15 is 0 Å². The molecule has 0 spiro atoms. The van der Waals surface area contributed by atoms with Crippen LogP contribution in [-0.2, 0) is 19.6 Å². The van der Waals surface area contributed by atoms with Gasteiger partial charge in [-0.2, -0.15) is 0 Å². The van der Waals surface area contributed by atoms with Gasteiger partial charge in [-0.05, 0) is 16.7 Å². The van der Waals surface area contributed by atoms with Crippen molar-refractivity contribution < 1.29 is 5.11 Å². The van der Waals surface area contributed by atoms with Gasteiger partial charge in [0.2, 0.25) is 5.88 Å². The Morgan fingerprint density at radius 2 is 1.22 bits per heavy atom. The summed E-state index contributed by atoms with van der Waals surface area (Å²) in [4.78, 5) is 9.79. The normalized spacial score (nSPS) is 11.4. The van der Waals surface area contributed by atoms with Crippen molar-refractivity contribution in [1.82, 2.24) is 14.9 Å². The average molecular weight is 473 g/mol. The molecule has 0 fully saturated rings. The maximum Gasteiger partial charge on any atom is 0.223 e. The Bertz CT molecular complexity index is 1410. The van der Waals surface area contributed by atoms with Crippen LogP contribution in [0, 0.1) is 0 Å². The number of imidazole rings is 1. The molecular weight excluding hydrogens is 444 g/mol. The van der Waals surface area contributed by atoms with Gasteiger partial charge in [-0.3, -0.25) is 9.56 Å². The van der Waals surface area contributed by atoms with E-state index in [0.717, 1.165) is 22.3 Å². The summed E-state index contributed by atoms with van der Waals surface area (Å²) in [6.07, 6.45) is 0. The average Bonchev–Trinajstić information content (AvgIpc) is 3.26. The Kier molecular flexibility index (Phi) is 7.19. The fourth-order valence-electron chi connectivity index (χ4n) is 4.08. The van der Waals surface area contributed by atoms with Crippen molar-refractivity contribution in [3.8, 4) is 17.3 Å².